The molecule has 4 rings (SSSR count). The van der Waals surface area contributed by atoms with Crippen LogP contribution in [0.15, 0.2) is 76.2 Å². The molecule has 7 nitrogen and oxygen atoms in total. The second-order valence-electron chi connectivity index (χ2n) is 7.99. The lowest BCUT2D eigenvalue weighted by molar-refractivity contribution is -0.138. The van der Waals surface area contributed by atoms with Crippen LogP contribution >= 0.6 is 11.3 Å². The van der Waals surface area contributed by atoms with Gasteiger partial charge in [0.2, 0.25) is 0 Å². The predicted molar refractivity (Wildman–Crippen MR) is 136 cm³/mol. The van der Waals surface area contributed by atoms with Gasteiger partial charge in [0.05, 0.1) is 36.1 Å². The number of nitrogens with zero attached hydrogens (tertiary/aromatic N) is 2. The molecule has 2 aromatic carbocycles. The third-order valence-corrected chi connectivity index (χ3v) is 6.66. The zero-order chi connectivity index (χ0) is 25.1. The van der Waals surface area contributed by atoms with Gasteiger partial charge in [-0.2, -0.15) is 0 Å². The number of allylic oxidation sites excluding steroid dienone is 1. The number of fused-ring (bicyclic) bond motifs is 1. The van der Waals surface area contributed by atoms with Crippen LogP contribution in [0, 0.1) is 6.92 Å². The summed E-state index contributed by atoms with van der Waals surface area (Å²) in [4.78, 5) is 31.9. The van der Waals surface area contributed by atoms with Crippen molar-refractivity contribution in [3.63, 3.8) is 0 Å². The molecule has 0 radical (unpaired) electrons. The molecule has 2 heterocycles. The van der Waals surface area contributed by atoms with E-state index >= 15 is 0 Å². The second-order valence-corrected chi connectivity index (χ2v) is 9.00. The minimum Gasteiger partial charge on any atom is -0.493 e. The average molecular weight is 491 g/mol. The molecule has 180 valence electrons. The first-order chi connectivity index (χ1) is 16.9. The van der Waals surface area contributed by atoms with Gasteiger partial charge in [-0.05, 0) is 43.2 Å². The minimum atomic E-state index is -0.747. The standard InChI is InChI=1S/C27H26N2O5S/c1-6-13-34-26(31)23-17(3)28-27-29(24(23)19-11-12-20(32-4)21(15-19)33-5)25(30)22(35-27)14-18-9-7-16(2)8-10-18/h6-12,14-15,24H,1,13H2,2-5H3. The lowest BCUT2D eigenvalue weighted by atomic mass is 9.95. The molecule has 0 bridgehead atoms. The summed E-state index contributed by atoms with van der Waals surface area (Å²) < 4.78 is 18.3. The fourth-order valence-electron chi connectivity index (χ4n) is 3.95. The number of aryl methyl sites for hydroxylation is 1. The van der Waals surface area contributed by atoms with E-state index in [-0.39, 0.29) is 17.7 Å². The molecule has 0 saturated heterocycles. The number of ether oxygens (including phenoxy) is 3. The Morgan fingerprint density at radius 1 is 1.11 bits per heavy atom. The van der Waals surface area contributed by atoms with E-state index in [1.165, 1.54) is 24.5 Å². The number of aromatic nitrogens is 1. The van der Waals surface area contributed by atoms with Crippen LogP contribution in [0.3, 0.4) is 0 Å². The Morgan fingerprint density at radius 2 is 1.83 bits per heavy atom. The molecule has 0 aliphatic carbocycles. The molecule has 3 aromatic rings. The Morgan fingerprint density at radius 3 is 2.49 bits per heavy atom. The molecular weight excluding hydrogens is 464 g/mol. The number of esters is 1. The molecule has 1 unspecified atom stereocenters. The molecule has 0 amide bonds. The first-order valence-electron chi connectivity index (χ1n) is 11.0. The maximum atomic E-state index is 13.7. The van der Waals surface area contributed by atoms with Gasteiger partial charge in [0.25, 0.3) is 5.56 Å². The smallest absolute Gasteiger partial charge is 0.338 e. The minimum absolute atomic E-state index is 0.0477. The molecule has 0 saturated carbocycles. The van der Waals surface area contributed by atoms with Crippen molar-refractivity contribution in [2.75, 3.05) is 20.8 Å². The Kier molecular flexibility index (Phi) is 7.02. The Hall–Kier alpha value is -3.91. The molecule has 0 N–H and O–H groups in total. The van der Waals surface area contributed by atoms with Gasteiger partial charge in [-0.15, -0.1) is 0 Å². The fourth-order valence-corrected chi connectivity index (χ4v) is 4.99. The highest BCUT2D eigenvalue weighted by molar-refractivity contribution is 7.07. The van der Waals surface area contributed by atoms with Gasteiger partial charge in [0, 0.05) is 0 Å². The number of hydrogen-bond donors (Lipinski definition) is 0. The normalized spacial score (nSPS) is 15.3. The van der Waals surface area contributed by atoms with Crippen LogP contribution in [-0.4, -0.2) is 31.4 Å². The molecule has 1 aliphatic heterocycles. The van der Waals surface area contributed by atoms with E-state index in [1.807, 2.05) is 43.3 Å². The van der Waals surface area contributed by atoms with Crippen molar-refractivity contribution in [1.82, 2.24) is 4.57 Å². The Labute approximate surface area is 206 Å². The summed E-state index contributed by atoms with van der Waals surface area (Å²) in [5.41, 5.74) is 3.25. The van der Waals surface area contributed by atoms with Gasteiger partial charge in [0.15, 0.2) is 16.3 Å². The lowest BCUT2D eigenvalue weighted by Gasteiger charge is -2.25. The van der Waals surface area contributed by atoms with Gasteiger partial charge in [0.1, 0.15) is 6.61 Å². The summed E-state index contributed by atoms with van der Waals surface area (Å²) in [7, 11) is 3.09. The summed E-state index contributed by atoms with van der Waals surface area (Å²) in [5.74, 6) is 0.471. The van der Waals surface area contributed by atoms with Crippen LogP contribution < -0.4 is 24.4 Å². The summed E-state index contributed by atoms with van der Waals surface area (Å²) in [6.07, 6.45) is 3.33. The Balaban J connectivity index is 1.95. The molecule has 0 fully saturated rings. The van der Waals surface area contributed by atoms with Gasteiger partial charge in [-0.1, -0.05) is 59.9 Å². The highest BCUT2D eigenvalue weighted by Gasteiger charge is 2.34. The van der Waals surface area contributed by atoms with Crippen molar-refractivity contribution in [2.45, 2.75) is 19.9 Å². The zero-order valence-electron chi connectivity index (χ0n) is 20.0. The van der Waals surface area contributed by atoms with Crippen LogP contribution in [0.1, 0.15) is 29.7 Å². The SMILES string of the molecule is C=CCOC(=O)C1=C(C)N=c2sc(=Cc3ccc(C)cc3)c(=O)n2C1c1ccc(OC)c(OC)c1. The maximum Gasteiger partial charge on any atom is 0.338 e. The number of carbonyl (C=O) groups is 1. The van der Waals surface area contributed by atoms with Gasteiger partial charge in [-0.3, -0.25) is 9.36 Å². The predicted octanol–water partition coefficient (Wildman–Crippen LogP) is 3.29. The number of carbonyl (C=O) groups excluding carboxylic acids is 1. The second kappa shape index (κ2) is 10.1. The third-order valence-electron chi connectivity index (χ3n) is 5.67. The average Bonchev–Trinajstić information content (AvgIpc) is 3.16. The van der Waals surface area contributed by atoms with Crippen LogP contribution in [0.5, 0.6) is 11.5 Å². The molecule has 1 aliphatic rings. The highest BCUT2D eigenvalue weighted by Crippen LogP contribution is 2.36. The third kappa shape index (κ3) is 4.70. The highest BCUT2D eigenvalue weighted by atomic mass is 32.1. The summed E-state index contributed by atoms with van der Waals surface area (Å²) in [6, 6.07) is 12.5. The molecule has 1 aromatic heterocycles. The number of benzene rings is 2. The van der Waals surface area contributed by atoms with Crippen LogP contribution in [0.25, 0.3) is 6.08 Å². The zero-order valence-corrected chi connectivity index (χ0v) is 20.8. The summed E-state index contributed by atoms with van der Waals surface area (Å²) >= 11 is 1.28. The van der Waals surface area contributed by atoms with E-state index in [0.717, 1.165) is 11.1 Å². The van der Waals surface area contributed by atoms with Crippen LogP contribution in [0.4, 0.5) is 0 Å². The molecule has 35 heavy (non-hydrogen) atoms. The van der Waals surface area contributed by atoms with Crippen molar-refractivity contribution in [3.8, 4) is 11.5 Å². The molecule has 1 atom stereocenters. The number of methoxy groups -OCH3 is 2. The van der Waals surface area contributed by atoms with Crippen LogP contribution in [-0.2, 0) is 9.53 Å². The maximum absolute atomic E-state index is 13.7. The van der Waals surface area contributed by atoms with Crippen molar-refractivity contribution in [2.24, 2.45) is 4.99 Å². The first kappa shape index (κ1) is 24.2. The summed E-state index contributed by atoms with van der Waals surface area (Å²) in [6.45, 7) is 7.41. The van der Waals surface area contributed by atoms with Gasteiger partial charge < -0.3 is 14.2 Å². The first-order valence-corrected chi connectivity index (χ1v) is 11.8. The van der Waals surface area contributed by atoms with Crippen molar-refractivity contribution in [3.05, 3.63) is 103 Å². The monoisotopic (exact) mass is 490 g/mol. The van der Waals surface area contributed by atoms with E-state index in [1.54, 1.807) is 30.7 Å². The van der Waals surface area contributed by atoms with Crippen molar-refractivity contribution >= 4 is 23.4 Å². The number of hydrogen-bond acceptors (Lipinski definition) is 7. The summed E-state index contributed by atoms with van der Waals surface area (Å²) in [5, 5.41) is 0. The fraction of sp³-hybridized carbons (Fsp3) is 0.222. The van der Waals surface area contributed by atoms with E-state index < -0.39 is 12.0 Å². The quantitative estimate of drug-likeness (QED) is 0.375. The molecule has 0 spiro atoms. The van der Waals surface area contributed by atoms with E-state index in [4.69, 9.17) is 14.2 Å². The number of rotatable bonds is 7. The lowest BCUT2D eigenvalue weighted by Crippen LogP contribution is -2.40. The molecule has 8 heteroatoms. The number of thiazole rings is 1. The van der Waals surface area contributed by atoms with Crippen molar-refractivity contribution < 1.29 is 19.0 Å². The van der Waals surface area contributed by atoms with Crippen molar-refractivity contribution in [1.29, 1.82) is 0 Å². The van der Waals surface area contributed by atoms with Gasteiger partial charge >= 0.3 is 5.97 Å². The van der Waals surface area contributed by atoms with Gasteiger partial charge in [-0.25, -0.2) is 9.79 Å². The largest absolute Gasteiger partial charge is 0.493 e. The van der Waals surface area contributed by atoms with E-state index in [2.05, 4.69) is 11.6 Å². The van der Waals surface area contributed by atoms with E-state index in [0.29, 0.717) is 32.1 Å². The topological polar surface area (TPSA) is 79.1 Å². The molecular formula is C27H26N2O5S. The van der Waals surface area contributed by atoms with E-state index in [9.17, 15) is 9.59 Å². The Bertz CT molecular complexity index is 1500. The van der Waals surface area contributed by atoms with Crippen LogP contribution in [0.2, 0.25) is 0 Å².